The third kappa shape index (κ3) is 2.12. The Hall–Kier alpha value is -3.29. The van der Waals surface area contributed by atoms with E-state index >= 15 is 0 Å². The standard InChI is InChI=1S/C19H16N4O4/c24-9-21-19(6-7-19)12-8-20-16-15-10(12)2-1-3-11(15)18(27)23(16)13-4-5-14(25)22-17(13)26/h1-3,8-9,13H,4-7H2,(H,21,24)(H,22,25,26). The van der Waals surface area contributed by atoms with Gasteiger partial charge in [-0.15, -0.1) is 0 Å². The number of pyridine rings is 1. The fourth-order valence-corrected chi connectivity index (χ4v) is 4.19. The van der Waals surface area contributed by atoms with Crippen LogP contribution in [0.3, 0.4) is 0 Å². The fraction of sp³-hybridized carbons (Fsp3) is 0.316. The van der Waals surface area contributed by atoms with E-state index in [1.54, 1.807) is 18.3 Å². The number of carbonyl (C=O) groups excluding carboxylic acids is 4. The first-order valence-electron chi connectivity index (χ1n) is 8.86. The molecule has 1 unspecified atom stereocenters. The Morgan fingerprint density at radius 2 is 2.07 bits per heavy atom. The monoisotopic (exact) mass is 364 g/mol. The van der Waals surface area contributed by atoms with Crippen molar-refractivity contribution in [3.05, 3.63) is 35.5 Å². The van der Waals surface area contributed by atoms with Gasteiger partial charge in [0.1, 0.15) is 11.9 Å². The number of imide groups is 1. The van der Waals surface area contributed by atoms with Crippen LogP contribution in [0, 0.1) is 0 Å². The van der Waals surface area contributed by atoms with E-state index < -0.39 is 17.5 Å². The van der Waals surface area contributed by atoms with E-state index in [2.05, 4.69) is 15.6 Å². The van der Waals surface area contributed by atoms with Gasteiger partial charge in [-0.1, -0.05) is 12.1 Å². The molecule has 0 radical (unpaired) electrons. The third-order valence-electron chi connectivity index (χ3n) is 5.69. The molecule has 3 heterocycles. The van der Waals surface area contributed by atoms with E-state index in [4.69, 9.17) is 0 Å². The second-order valence-electron chi connectivity index (χ2n) is 7.21. The Bertz CT molecular complexity index is 1040. The Morgan fingerprint density at radius 3 is 2.78 bits per heavy atom. The van der Waals surface area contributed by atoms with Crippen molar-refractivity contribution in [3.63, 3.8) is 0 Å². The predicted molar refractivity (Wildman–Crippen MR) is 94.8 cm³/mol. The number of nitrogens with zero attached hydrogens (tertiary/aromatic N) is 2. The second-order valence-corrected chi connectivity index (χ2v) is 7.21. The maximum absolute atomic E-state index is 13.1. The van der Waals surface area contributed by atoms with Crippen LogP contribution in [0.25, 0.3) is 10.8 Å². The average Bonchev–Trinajstić information content (AvgIpc) is 3.37. The molecule has 2 fully saturated rings. The predicted octanol–water partition coefficient (Wildman–Crippen LogP) is 0.735. The summed E-state index contributed by atoms with van der Waals surface area (Å²) < 4.78 is 0. The van der Waals surface area contributed by atoms with Crippen molar-refractivity contribution in [2.75, 3.05) is 4.90 Å². The van der Waals surface area contributed by atoms with E-state index in [1.807, 2.05) is 6.07 Å². The highest BCUT2D eigenvalue weighted by molar-refractivity contribution is 6.26. The van der Waals surface area contributed by atoms with Gasteiger partial charge >= 0.3 is 0 Å². The molecule has 27 heavy (non-hydrogen) atoms. The molecule has 2 aliphatic heterocycles. The number of hydrogen-bond acceptors (Lipinski definition) is 5. The molecule has 136 valence electrons. The Morgan fingerprint density at radius 1 is 1.26 bits per heavy atom. The number of carbonyl (C=O) groups is 4. The lowest BCUT2D eigenvalue weighted by molar-refractivity contribution is -0.134. The fourth-order valence-electron chi connectivity index (χ4n) is 4.19. The van der Waals surface area contributed by atoms with E-state index in [0.29, 0.717) is 23.2 Å². The molecule has 8 heteroatoms. The summed E-state index contributed by atoms with van der Waals surface area (Å²) in [6.07, 6.45) is 4.46. The average molecular weight is 364 g/mol. The maximum atomic E-state index is 13.1. The van der Waals surface area contributed by atoms with Crippen LogP contribution >= 0.6 is 0 Å². The highest BCUT2D eigenvalue weighted by Crippen LogP contribution is 2.50. The van der Waals surface area contributed by atoms with Crippen LogP contribution in [0.15, 0.2) is 24.4 Å². The van der Waals surface area contributed by atoms with Crippen molar-refractivity contribution in [2.24, 2.45) is 0 Å². The number of rotatable bonds is 4. The molecule has 5 rings (SSSR count). The summed E-state index contributed by atoms with van der Waals surface area (Å²) in [6, 6.07) is 4.67. The molecular weight excluding hydrogens is 348 g/mol. The molecule has 4 amide bonds. The summed E-state index contributed by atoms with van der Waals surface area (Å²) in [6.45, 7) is 0. The van der Waals surface area contributed by atoms with E-state index in [1.165, 1.54) is 4.90 Å². The Kier molecular flexibility index (Phi) is 3.16. The number of amides is 4. The quantitative estimate of drug-likeness (QED) is 0.614. The summed E-state index contributed by atoms with van der Waals surface area (Å²) >= 11 is 0. The second kappa shape index (κ2) is 5.35. The zero-order valence-corrected chi connectivity index (χ0v) is 14.3. The van der Waals surface area contributed by atoms with Crippen LogP contribution in [0.5, 0.6) is 0 Å². The minimum absolute atomic E-state index is 0.185. The lowest BCUT2D eigenvalue weighted by Crippen LogP contribution is -2.53. The molecule has 1 aromatic carbocycles. The third-order valence-corrected chi connectivity index (χ3v) is 5.69. The molecule has 2 aromatic rings. The summed E-state index contributed by atoms with van der Waals surface area (Å²) in [7, 11) is 0. The first-order chi connectivity index (χ1) is 13.1. The van der Waals surface area contributed by atoms with Gasteiger partial charge in [0.25, 0.3) is 5.91 Å². The van der Waals surface area contributed by atoms with E-state index in [0.717, 1.165) is 23.8 Å². The molecule has 1 saturated carbocycles. The van der Waals surface area contributed by atoms with Crippen LogP contribution in [-0.4, -0.2) is 35.2 Å². The van der Waals surface area contributed by atoms with Crippen LogP contribution in [-0.2, 0) is 19.9 Å². The van der Waals surface area contributed by atoms with Gasteiger partial charge in [0.15, 0.2) is 0 Å². The summed E-state index contributed by atoms with van der Waals surface area (Å²) in [5.74, 6) is -0.661. The van der Waals surface area contributed by atoms with Gasteiger partial charge in [-0.05, 0) is 30.7 Å². The summed E-state index contributed by atoms with van der Waals surface area (Å²) in [4.78, 5) is 53.8. The molecule has 1 saturated heterocycles. The Balaban J connectivity index is 1.66. The molecule has 3 aliphatic rings. The molecule has 0 bridgehead atoms. The molecule has 1 aromatic heterocycles. The van der Waals surface area contributed by atoms with Crippen molar-refractivity contribution in [2.45, 2.75) is 37.3 Å². The number of nitrogens with one attached hydrogen (secondary N) is 2. The minimum Gasteiger partial charge on any atom is -0.349 e. The van der Waals surface area contributed by atoms with E-state index in [9.17, 15) is 19.2 Å². The van der Waals surface area contributed by atoms with Gasteiger partial charge in [-0.2, -0.15) is 0 Å². The maximum Gasteiger partial charge on any atom is 0.260 e. The van der Waals surface area contributed by atoms with Gasteiger partial charge in [-0.3, -0.25) is 29.4 Å². The SMILES string of the molecule is O=CNC1(c2cnc3c4c(cccc24)C(=O)N3C2CCC(=O)NC2=O)CC1. The summed E-state index contributed by atoms with van der Waals surface area (Å²) in [5, 5.41) is 6.73. The normalized spacial score (nSPS) is 22.7. The Labute approximate surface area is 153 Å². The topological polar surface area (TPSA) is 108 Å². The lowest BCUT2D eigenvalue weighted by atomic mass is 9.97. The van der Waals surface area contributed by atoms with Gasteiger partial charge in [-0.25, -0.2) is 4.98 Å². The van der Waals surface area contributed by atoms with Crippen molar-refractivity contribution in [1.82, 2.24) is 15.6 Å². The number of aromatic nitrogens is 1. The lowest BCUT2D eigenvalue weighted by Gasteiger charge is -2.29. The number of hydrogen-bond donors (Lipinski definition) is 2. The van der Waals surface area contributed by atoms with Crippen LogP contribution in [0.2, 0.25) is 0 Å². The van der Waals surface area contributed by atoms with Gasteiger partial charge in [0.2, 0.25) is 18.2 Å². The minimum atomic E-state index is -0.757. The smallest absolute Gasteiger partial charge is 0.260 e. The largest absolute Gasteiger partial charge is 0.349 e. The number of anilines is 1. The highest BCUT2D eigenvalue weighted by atomic mass is 16.2. The van der Waals surface area contributed by atoms with Crippen LogP contribution in [0.4, 0.5) is 5.82 Å². The first-order valence-corrected chi connectivity index (χ1v) is 8.86. The molecule has 1 atom stereocenters. The number of piperidine rings is 1. The molecule has 8 nitrogen and oxygen atoms in total. The van der Waals surface area contributed by atoms with Crippen molar-refractivity contribution < 1.29 is 19.2 Å². The zero-order chi connectivity index (χ0) is 18.8. The molecule has 2 N–H and O–H groups in total. The highest BCUT2D eigenvalue weighted by Gasteiger charge is 2.47. The molecular formula is C19H16N4O4. The van der Waals surface area contributed by atoms with Gasteiger partial charge in [0, 0.05) is 23.6 Å². The summed E-state index contributed by atoms with van der Waals surface area (Å²) in [5.41, 5.74) is 0.938. The van der Waals surface area contributed by atoms with Crippen LogP contribution < -0.4 is 15.5 Å². The van der Waals surface area contributed by atoms with Crippen molar-refractivity contribution in [3.8, 4) is 0 Å². The molecule has 0 spiro atoms. The van der Waals surface area contributed by atoms with Crippen molar-refractivity contribution in [1.29, 1.82) is 0 Å². The van der Waals surface area contributed by atoms with Gasteiger partial charge < -0.3 is 5.32 Å². The zero-order valence-electron chi connectivity index (χ0n) is 14.3. The van der Waals surface area contributed by atoms with Crippen molar-refractivity contribution >= 4 is 40.7 Å². The van der Waals surface area contributed by atoms with Gasteiger partial charge in [0.05, 0.1) is 11.1 Å². The van der Waals surface area contributed by atoms with E-state index in [-0.39, 0.29) is 24.7 Å². The first kappa shape index (κ1) is 15.9. The van der Waals surface area contributed by atoms with Crippen LogP contribution in [0.1, 0.15) is 41.6 Å². The number of benzene rings is 1. The molecule has 1 aliphatic carbocycles.